The number of carbonyl (C=O) groups excluding carboxylic acids is 3. The lowest BCUT2D eigenvalue weighted by molar-refractivity contribution is -0.146. The van der Waals surface area contributed by atoms with E-state index in [1.807, 2.05) is 13.8 Å². The Bertz CT molecular complexity index is 278. The third kappa shape index (κ3) is 1.38. The van der Waals surface area contributed by atoms with Crippen molar-refractivity contribution in [2.24, 2.45) is 11.3 Å². The zero-order valence-electron chi connectivity index (χ0n) is 8.51. The van der Waals surface area contributed by atoms with Crippen LogP contribution in [0.15, 0.2) is 0 Å². The van der Waals surface area contributed by atoms with Crippen molar-refractivity contribution in [3.8, 4) is 0 Å². The van der Waals surface area contributed by atoms with Crippen LogP contribution in [0.2, 0.25) is 0 Å². The Labute approximate surface area is 82.2 Å². The molecule has 5 nitrogen and oxygen atoms in total. The van der Waals surface area contributed by atoms with Gasteiger partial charge in [-0.2, -0.15) is 0 Å². The first kappa shape index (κ1) is 10.7. The van der Waals surface area contributed by atoms with E-state index >= 15 is 0 Å². The minimum absolute atomic E-state index is 0.101. The first-order valence-electron chi connectivity index (χ1n) is 4.59. The van der Waals surface area contributed by atoms with Crippen LogP contribution in [-0.4, -0.2) is 17.8 Å². The largest absolute Gasteiger partial charge is 0.328 e. The van der Waals surface area contributed by atoms with E-state index < -0.39 is 23.3 Å². The Morgan fingerprint density at radius 2 is 1.64 bits per heavy atom. The Balaban J connectivity index is 3.01. The molecule has 0 radical (unpaired) electrons. The second-order valence-electron chi connectivity index (χ2n) is 3.75. The Kier molecular flexibility index (Phi) is 2.59. The monoisotopic (exact) mass is 198 g/mol. The number of nitrogens with one attached hydrogen (secondary N) is 2. The van der Waals surface area contributed by atoms with Gasteiger partial charge in [0.15, 0.2) is 0 Å². The smallest absolute Gasteiger partial charge is 0.277 e. The van der Waals surface area contributed by atoms with Gasteiger partial charge in [-0.3, -0.25) is 20.2 Å². The molecule has 1 atom stereocenters. The zero-order valence-corrected chi connectivity index (χ0v) is 8.51. The Morgan fingerprint density at radius 1 is 1.21 bits per heavy atom. The molecule has 1 fully saturated rings. The molecule has 0 aromatic rings. The fourth-order valence-electron chi connectivity index (χ4n) is 1.46. The lowest BCUT2D eigenvalue weighted by Gasteiger charge is -2.34. The summed E-state index contributed by atoms with van der Waals surface area (Å²) >= 11 is 0. The standard InChI is InChI=1S/C9H14N2O3/c1-4-5(2)9(3)6(12)10-8(14)11-7(9)13/h5H,4H2,1-3H3,(H2,10,11,12,13,14). The zero-order chi connectivity index (χ0) is 10.9. The van der Waals surface area contributed by atoms with Crippen LogP contribution >= 0.6 is 0 Å². The van der Waals surface area contributed by atoms with Crippen LogP contribution in [0.25, 0.3) is 0 Å². The number of imide groups is 2. The number of carbonyl (C=O) groups is 3. The van der Waals surface area contributed by atoms with Crippen molar-refractivity contribution in [2.75, 3.05) is 0 Å². The predicted octanol–water partition coefficient (Wildman–Crippen LogP) is 0.405. The molecule has 14 heavy (non-hydrogen) atoms. The molecule has 0 saturated carbocycles. The van der Waals surface area contributed by atoms with E-state index in [-0.39, 0.29) is 5.92 Å². The van der Waals surface area contributed by atoms with Gasteiger partial charge < -0.3 is 0 Å². The molecule has 1 rings (SSSR count). The second-order valence-corrected chi connectivity index (χ2v) is 3.75. The maximum atomic E-state index is 11.5. The van der Waals surface area contributed by atoms with E-state index in [4.69, 9.17) is 0 Å². The van der Waals surface area contributed by atoms with Crippen molar-refractivity contribution in [1.82, 2.24) is 10.6 Å². The van der Waals surface area contributed by atoms with Gasteiger partial charge in [0, 0.05) is 0 Å². The molecule has 2 N–H and O–H groups in total. The third-order valence-corrected chi connectivity index (χ3v) is 3.00. The molecule has 0 aliphatic carbocycles. The minimum atomic E-state index is -1.14. The molecular formula is C9H14N2O3. The van der Waals surface area contributed by atoms with Gasteiger partial charge in [0.1, 0.15) is 5.41 Å². The highest BCUT2D eigenvalue weighted by molar-refractivity contribution is 6.19. The fraction of sp³-hybridized carbons (Fsp3) is 0.667. The van der Waals surface area contributed by atoms with Crippen molar-refractivity contribution >= 4 is 17.8 Å². The van der Waals surface area contributed by atoms with Crippen LogP contribution in [0, 0.1) is 11.3 Å². The van der Waals surface area contributed by atoms with E-state index in [0.717, 1.165) is 0 Å². The highest BCUT2D eigenvalue weighted by Crippen LogP contribution is 2.31. The molecule has 0 bridgehead atoms. The summed E-state index contributed by atoms with van der Waals surface area (Å²) in [7, 11) is 0. The van der Waals surface area contributed by atoms with Crippen LogP contribution in [0.1, 0.15) is 27.2 Å². The third-order valence-electron chi connectivity index (χ3n) is 3.00. The molecule has 1 aliphatic rings. The Hall–Kier alpha value is -1.39. The van der Waals surface area contributed by atoms with Crippen LogP contribution in [0.3, 0.4) is 0 Å². The van der Waals surface area contributed by atoms with Crippen LogP contribution in [-0.2, 0) is 9.59 Å². The molecule has 1 aliphatic heterocycles. The molecule has 0 spiro atoms. The highest BCUT2D eigenvalue weighted by atomic mass is 16.2. The summed E-state index contributed by atoms with van der Waals surface area (Å²) < 4.78 is 0. The number of hydrogen-bond donors (Lipinski definition) is 2. The van der Waals surface area contributed by atoms with E-state index in [9.17, 15) is 14.4 Å². The van der Waals surface area contributed by atoms with Gasteiger partial charge in [-0.15, -0.1) is 0 Å². The lowest BCUT2D eigenvalue weighted by Crippen LogP contribution is -2.63. The predicted molar refractivity (Wildman–Crippen MR) is 49.2 cm³/mol. The van der Waals surface area contributed by atoms with Crippen molar-refractivity contribution in [3.05, 3.63) is 0 Å². The quantitative estimate of drug-likeness (QED) is 0.631. The molecule has 1 unspecified atom stereocenters. The summed E-state index contributed by atoms with van der Waals surface area (Å²) in [5.41, 5.74) is -1.14. The SMILES string of the molecule is CCC(C)C1(C)C(=O)NC(=O)NC1=O. The minimum Gasteiger partial charge on any atom is -0.277 e. The molecule has 0 aromatic heterocycles. The number of rotatable bonds is 2. The molecule has 1 heterocycles. The molecule has 78 valence electrons. The maximum Gasteiger partial charge on any atom is 0.328 e. The summed E-state index contributed by atoms with van der Waals surface area (Å²) in [6.45, 7) is 5.26. The van der Waals surface area contributed by atoms with E-state index in [2.05, 4.69) is 10.6 Å². The fourth-order valence-corrected chi connectivity index (χ4v) is 1.46. The number of urea groups is 1. The summed E-state index contributed by atoms with van der Waals surface area (Å²) in [6.07, 6.45) is 0.700. The van der Waals surface area contributed by atoms with E-state index in [1.54, 1.807) is 6.92 Å². The topological polar surface area (TPSA) is 75.3 Å². The van der Waals surface area contributed by atoms with Crippen LogP contribution in [0.5, 0.6) is 0 Å². The molecule has 1 saturated heterocycles. The molecular weight excluding hydrogens is 184 g/mol. The lowest BCUT2D eigenvalue weighted by atomic mass is 9.74. The first-order valence-corrected chi connectivity index (χ1v) is 4.59. The van der Waals surface area contributed by atoms with Gasteiger partial charge in [0.25, 0.3) is 0 Å². The van der Waals surface area contributed by atoms with Gasteiger partial charge in [0.05, 0.1) is 0 Å². The van der Waals surface area contributed by atoms with Crippen molar-refractivity contribution in [1.29, 1.82) is 0 Å². The molecule has 4 amide bonds. The first-order chi connectivity index (χ1) is 6.42. The van der Waals surface area contributed by atoms with Crippen molar-refractivity contribution in [2.45, 2.75) is 27.2 Å². The number of barbiturate groups is 1. The van der Waals surface area contributed by atoms with Gasteiger partial charge in [0.2, 0.25) is 11.8 Å². The summed E-state index contributed by atoms with van der Waals surface area (Å²) in [5, 5.41) is 4.21. The maximum absolute atomic E-state index is 11.5. The average molecular weight is 198 g/mol. The van der Waals surface area contributed by atoms with Crippen molar-refractivity contribution in [3.63, 3.8) is 0 Å². The van der Waals surface area contributed by atoms with Crippen molar-refractivity contribution < 1.29 is 14.4 Å². The molecule has 0 aromatic carbocycles. The summed E-state index contributed by atoms with van der Waals surface area (Å²) in [4.78, 5) is 33.9. The van der Waals surface area contributed by atoms with E-state index in [0.29, 0.717) is 6.42 Å². The van der Waals surface area contributed by atoms with Crippen LogP contribution < -0.4 is 10.6 Å². The summed E-state index contributed by atoms with van der Waals surface area (Å²) in [6, 6.07) is -0.735. The summed E-state index contributed by atoms with van der Waals surface area (Å²) in [5.74, 6) is -1.13. The highest BCUT2D eigenvalue weighted by Gasteiger charge is 2.49. The van der Waals surface area contributed by atoms with E-state index in [1.165, 1.54) is 0 Å². The Morgan fingerprint density at radius 3 is 2.00 bits per heavy atom. The average Bonchev–Trinajstić information content (AvgIpc) is 2.12. The van der Waals surface area contributed by atoms with Gasteiger partial charge in [-0.25, -0.2) is 4.79 Å². The number of amides is 4. The second kappa shape index (κ2) is 3.40. The van der Waals surface area contributed by atoms with Crippen LogP contribution in [0.4, 0.5) is 4.79 Å². The van der Waals surface area contributed by atoms with Gasteiger partial charge >= 0.3 is 6.03 Å². The van der Waals surface area contributed by atoms with Gasteiger partial charge in [-0.05, 0) is 12.8 Å². The normalized spacial score (nSPS) is 22.6. The van der Waals surface area contributed by atoms with Gasteiger partial charge in [-0.1, -0.05) is 20.3 Å². The number of hydrogen-bond acceptors (Lipinski definition) is 3. The molecule has 5 heteroatoms.